The number of aliphatic hydroxyl groups excluding tert-OH is 1. The minimum Gasteiger partial charge on any atom is -0.393 e. The number of fused-ring (bicyclic) bond motifs is 13. The van der Waals surface area contributed by atoms with E-state index in [0.29, 0.717) is 106 Å². The van der Waals surface area contributed by atoms with Gasteiger partial charge in [-0.1, -0.05) is 69.2 Å². The van der Waals surface area contributed by atoms with Gasteiger partial charge in [0.15, 0.2) is 5.78 Å². The molecular weight excluding hydrogens is 745 g/mol. The average molecular weight is 829 g/mol. The smallest absolute Gasteiger partial charge is 0.155 e. The van der Waals surface area contributed by atoms with Crippen molar-refractivity contribution in [3.8, 4) is 0 Å². The molecule has 6 nitrogen and oxygen atoms in total. The summed E-state index contributed by atoms with van der Waals surface area (Å²) in [7, 11) is 0. The number of ketones is 4. The van der Waals surface area contributed by atoms with Crippen LogP contribution in [0.5, 0.6) is 0 Å². The number of rotatable bonds is 10. The largest absolute Gasteiger partial charge is 0.393 e. The molecule has 9 aliphatic rings. The fraction of sp³-hybridized carbons (Fsp3) is 0.889. The first kappa shape index (κ1) is 44.9. The van der Waals surface area contributed by atoms with Crippen LogP contribution in [0.1, 0.15) is 185 Å². The standard InChI is InChI=1S/C27H40O3.C27H44O3/c1-15(2)22(29)9-6-16(3)18-7-8-19-23-20(11-13-26(18,19)4)27(5)12-10-17(28)14-21(27)24-25(23)30-24;1-16(2)23(29)9-6-17(3)20-7-8-21-25-22(11-13-27(20,21)5)26(4)12-10-19(28)14-18(26)15-24(25)30/h14-16,18-20,23-25H,6-13H2,1-5H3;16-18,20-22,24-25,30H,6-15H2,1-5H3/t16-,18-,19+,20+,23+,24?,25?,26-,27-;17-,18+,20-,21+,22+,24?,25+,26+,27-/m11/s1. The molecule has 7 saturated carbocycles. The molecule has 18 atom stereocenters. The molecule has 8 aliphatic carbocycles. The van der Waals surface area contributed by atoms with Crippen LogP contribution < -0.4 is 0 Å². The monoisotopic (exact) mass is 829 g/mol. The van der Waals surface area contributed by atoms with Crippen LogP contribution in [0.25, 0.3) is 0 Å². The number of ether oxygens (including phenoxy) is 1. The van der Waals surface area contributed by atoms with E-state index >= 15 is 0 Å². The summed E-state index contributed by atoms with van der Waals surface area (Å²) >= 11 is 0. The molecule has 0 amide bonds. The highest BCUT2D eigenvalue weighted by Crippen LogP contribution is 2.72. The van der Waals surface area contributed by atoms with Crippen molar-refractivity contribution in [3.63, 3.8) is 0 Å². The van der Waals surface area contributed by atoms with Crippen molar-refractivity contribution in [3.05, 3.63) is 11.6 Å². The Balaban J connectivity index is 0.000000166. The number of carbonyl (C=O) groups excluding carboxylic acids is 4. The van der Waals surface area contributed by atoms with Gasteiger partial charge in [-0.15, -0.1) is 0 Å². The number of carbonyl (C=O) groups is 4. The SMILES string of the molecule is CC(C)C(=O)CC[C@@H](C)[C@H]1CC[C@H]2[C@@H]3C(O)C[C@@H]4CC(=O)CC[C@]4(C)[C@H]3CC[C@]12C.CC(C)C(=O)CC[C@@H](C)[C@H]1CC[C@H]2[C@@H]3C4OC4C4=CC(=O)CC[C@]4(C)[C@H]3CC[C@]12C. The Bertz CT molecular complexity index is 1710. The predicted octanol–water partition coefficient (Wildman–Crippen LogP) is 11.6. The summed E-state index contributed by atoms with van der Waals surface area (Å²) in [5.41, 5.74) is 2.44. The second kappa shape index (κ2) is 16.4. The number of Topliss-reactive ketones (excluding diaryl/α,β-unsaturated/α-hetero) is 3. The predicted molar refractivity (Wildman–Crippen MR) is 238 cm³/mol. The van der Waals surface area contributed by atoms with Crippen molar-refractivity contribution >= 4 is 23.1 Å². The van der Waals surface area contributed by atoms with E-state index in [1.54, 1.807) is 0 Å². The van der Waals surface area contributed by atoms with Crippen LogP contribution in [0.2, 0.25) is 0 Å². The zero-order chi connectivity index (χ0) is 43.3. The molecule has 1 aliphatic heterocycles. The lowest BCUT2D eigenvalue weighted by atomic mass is 9.44. The van der Waals surface area contributed by atoms with Crippen molar-refractivity contribution in [1.82, 2.24) is 0 Å². The third kappa shape index (κ3) is 7.43. The van der Waals surface area contributed by atoms with Gasteiger partial charge in [0, 0.05) is 43.9 Å². The summed E-state index contributed by atoms with van der Waals surface area (Å²) in [6.07, 6.45) is 21.1. The summed E-state index contributed by atoms with van der Waals surface area (Å²) in [5.74, 6) is 8.53. The minimum absolute atomic E-state index is 0.146. The normalized spacial score (nSPS) is 47.2. The van der Waals surface area contributed by atoms with Gasteiger partial charge in [-0.25, -0.2) is 0 Å². The molecule has 0 aromatic rings. The Morgan fingerprint density at radius 1 is 0.683 bits per heavy atom. The van der Waals surface area contributed by atoms with Crippen LogP contribution in [0, 0.1) is 98.6 Å². The van der Waals surface area contributed by atoms with Crippen molar-refractivity contribution < 1.29 is 29.0 Å². The third-order valence-electron chi connectivity index (χ3n) is 21.2. The molecule has 1 saturated heterocycles. The van der Waals surface area contributed by atoms with Gasteiger partial charge < -0.3 is 9.84 Å². The van der Waals surface area contributed by atoms with Crippen LogP contribution in [0.15, 0.2) is 11.6 Å². The molecule has 336 valence electrons. The highest BCUT2D eigenvalue weighted by molar-refractivity contribution is 5.92. The van der Waals surface area contributed by atoms with E-state index in [0.717, 1.165) is 63.2 Å². The van der Waals surface area contributed by atoms with Crippen molar-refractivity contribution in [1.29, 1.82) is 0 Å². The van der Waals surface area contributed by atoms with E-state index in [-0.39, 0.29) is 34.9 Å². The molecule has 0 aromatic heterocycles. The maximum absolute atomic E-state index is 12.2. The van der Waals surface area contributed by atoms with Gasteiger partial charge in [-0.3, -0.25) is 19.2 Å². The highest BCUT2D eigenvalue weighted by Gasteiger charge is 2.69. The van der Waals surface area contributed by atoms with Crippen molar-refractivity contribution in [2.75, 3.05) is 0 Å². The first-order valence-corrected chi connectivity index (χ1v) is 25.4. The Hall–Kier alpha value is -1.66. The molecule has 8 fully saturated rings. The number of epoxide rings is 1. The Morgan fingerprint density at radius 3 is 1.78 bits per heavy atom. The molecule has 0 aromatic carbocycles. The fourth-order valence-corrected chi connectivity index (χ4v) is 17.5. The van der Waals surface area contributed by atoms with E-state index in [9.17, 15) is 24.3 Å². The quantitative estimate of drug-likeness (QED) is 0.220. The van der Waals surface area contributed by atoms with E-state index in [1.807, 2.05) is 33.8 Å². The Labute approximate surface area is 364 Å². The first-order valence-electron chi connectivity index (χ1n) is 25.4. The topological polar surface area (TPSA) is 101 Å². The highest BCUT2D eigenvalue weighted by atomic mass is 16.6. The van der Waals surface area contributed by atoms with Crippen LogP contribution >= 0.6 is 0 Å². The van der Waals surface area contributed by atoms with Crippen LogP contribution in [-0.2, 0) is 23.9 Å². The number of hydrogen-bond acceptors (Lipinski definition) is 6. The lowest BCUT2D eigenvalue weighted by Gasteiger charge is -2.62. The summed E-state index contributed by atoms with van der Waals surface area (Å²) in [5, 5.41) is 11.3. The van der Waals surface area contributed by atoms with Gasteiger partial charge in [0.1, 0.15) is 23.5 Å². The summed E-state index contributed by atoms with van der Waals surface area (Å²) in [6, 6.07) is 0. The van der Waals surface area contributed by atoms with Crippen molar-refractivity contribution in [2.24, 2.45) is 98.6 Å². The van der Waals surface area contributed by atoms with Gasteiger partial charge in [-0.05, 0) is 182 Å². The van der Waals surface area contributed by atoms with E-state index < -0.39 is 0 Å². The minimum atomic E-state index is -0.236. The average Bonchev–Trinajstić information content (AvgIpc) is 3.80. The molecule has 0 radical (unpaired) electrons. The first-order chi connectivity index (χ1) is 28.2. The van der Waals surface area contributed by atoms with Gasteiger partial charge >= 0.3 is 0 Å². The van der Waals surface area contributed by atoms with Gasteiger partial charge in [-0.2, -0.15) is 0 Å². The third-order valence-corrected chi connectivity index (χ3v) is 21.2. The number of aliphatic hydroxyl groups is 1. The van der Waals surface area contributed by atoms with Crippen LogP contribution in [-0.4, -0.2) is 46.6 Å². The van der Waals surface area contributed by atoms with E-state index in [2.05, 4.69) is 41.5 Å². The molecule has 0 bridgehead atoms. The molecule has 60 heavy (non-hydrogen) atoms. The molecule has 1 heterocycles. The molecular formula is C54H84O6. The second-order valence-corrected chi connectivity index (χ2v) is 24.6. The molecule has 3 unspecified atom stereocenters. The van der Waals surface area contributed by atoms with Gasteiger partial charge in [0.25, 0.3) is 0 Å². The zero-order valence-electron chi connectivity index (χ0n) is 39.5. The summed E-state index contributed by atoms with van der Waals surface area (Å²) in [6.45, 7) is 22.8. The fourth-order valence-electron chi connectivity index (χ4n) is 17.5. The molecule has 6 heteroatoms. The lowest BCUT2D eigenvalue weighted by Crippen LogP contribution is -2.58. The lowest BCUT2D eigenvalue weighted by molar-refractivity contribution is -0.168. The number of hydrogen-bond donors (Lipinski definition) is 1. The van der Waals surface area contributed by atoms with Crippen LogP contribution in [0.3, 0.4) is 0 Å². The zero-order valence-corrected chi connectivity index (χ0v) is 39.5. The van der Waals surface area contributed by atoms with E-state index in [1.165, 1.54) is 56.9 Å². The Morgan fingerprint density at radius 2 is 1.22 bits per heavy atom. The van der Waals surface area contributed by atoms with Gasteiger partial charge in [0.05, 0.1) is 12.2 Å². The Kier molecular flexibility index (Phi) is 12.3. The van der Waals surface area contributed by atoms with E-state index in [4.69, 9.17) is 4.74 Å². The second-order valence-electron chi connectivity index (χ2n) is 24.6. The van der Waals surface area contributed by atoms with Gasteiger partial charge in [0.2, 0.25) is 0 Å². The molecule has 1 N–H and O–H groups in total. The maximum atomic E-state index is 12.2. The summed E-state index contributed by atoms with van der Waals surface area (Å²) in [4.78, 5) is 48.7. The van der Waals surface area contributed by atoms with Crippen molar-refractivity contribution in [2.45, 2.75) is 203 Å². The van der Waals surface area contributed by atoms with Crippen LogP contribution in [0.4, 0.5) is 0 Å². The maximum Gasteiger partial charge on any atom is 0.155 e. The summed E-state index contributed by atoms with van der Waals surface area (Å²) < 4.78 is 6.32. The molecule has 0 spiro atoms. The molecule has 9 rings (SSSR count).